The minimum absolute atomic E-state index is 0.0184. The highest BCUT2D eigenvalue weighted by molar-refractivity contribution is 7.89. The lowest BCUT2D eigenvalue weighted by atomic mass is 10.1. The van der Waals surface area contributed by atoms with Crippen molar-refractivity contribution in [3.63, 3.8) is 0 Å². The first kappa shape index (κ1) is 21.8. The number of halogens is 1. The van der Waals surface area contributed by atoms with Crippen LogP contribution in [0.1, 0.15) is 18.9 Å². The molecule has 8 heteroatoms. The molecular weight excluding hydrogens is 383 g/mol. The van der Waals surface area contributed by atoms with Crippen LogP contribution < -0.4 is 10.1 Å². The smallest absolute Gasteiger partial charge is 0.247 e. The molecule has 0 fully saturated rings. The molecular formula is C20H25FN2O4S. The maximum absolute atomic E-state index is 13.5. The maximum Gasteiger partial charge on any atom is 0.247 e. The van der Waals surface area contributed by atoms with E-state index in [1.54, 1.807) is 0 Å². The minimum atomic E-state index is -4.08. The first-order chi connectivity index (χ1) is 13.2. The van der Waals surface area contributed by atoms with Gasteiger partial charge in [0, 0.05) is 13.1 Å². The molecule has 0 aliphatic heterocycles. The molecule has 0 radical (unpaired) electrons. The van der Waals surface area contributed by atoms with Gasteiger partial charge in [0.2, 0.25) is 15.9 Å². The van der Waals surface area contributed by atoms with Crippen LogP contribution in [0.3, 0.4) is 0 Å². The van der Waals surface area contributed by atoms with Gasteiger partial charge in [0.1, 0.15) is 16.5 Å². The van der Waals surface area contributed by atoms with Crippen molar-refractivity contribution < 1.29 is 22.3 Å². The van der Waals surface area contributed by atoms with E-state index in [0.29, 0.717) is 0 Å². The Morgan fingerprint density at radius 1 is 1.21 bits per heavy atom. The Morgan fingerprint density at radius 2 is 1.89 bits per heavy atom. The van der Waals surface area contributed by atoms with Crippen LogP contribution in [0.15, 0.2) is 53.4 Å². The number of carbonyl (C=O) groups excluding carboxylic acids is 1. The van der Waals surface area contributed by atoms with Gasteiger partial charge in [0.05, 0.1) is 13.7 Å². The molecule has 0 spiro atoms. The van der Waals surface area contributed by atoms with Gasteiger partial charge >= 0.3 is 0 Å². The van der Waals surface area contributed by atoms with E-state index < -0.39 is 21.7 Å². The molecule has 2 rings (SSSR count). The van der Waals surface area contributed by atoms with Gasteiger partial charge in [-0.3, -0.25) is 4.79 Å². The number of nitrogens with one attached hydrogen (secondary N) is 1. The first-order valence-corrected chi connectivity index (χ1v) is 10.3. The Labute approximate surface area is 165 Å². The number of hydrogen-bond acceptors (Lipinski definition) is 4. The quantitative estimate of drug-likeness (QED) is 0.692. The number of hydrogen-bond donors (Lipinski definition) is 1. The molecule has 2 aromatic rings. The van der Waals surface area contributed by atoms with Crippen molar-refractivity contribution in [2.45, 2.75) is 30.7 Å². The fourth-order valence-electron chi connectivity index (χ4n) is 2.73. The van der Waals surface area contributed by atoms with Gasteiger partial charge in [-0.05, 0) is 43.5 Å². The number of nitrogens with zero attached hydrogens (tertiary/aromatic N) is 1. The topological polar surface area (TPSA) is 75.7 Å². The molecule has 2 aromatic carbocycles. The van der Waals surface area contributed by atoms with Crippen molar-refractivity contribution in [3.05, 3.63) is 59.9 Å². The normalized spacial score (nSPS) is 12.6. The summed E-state index contributed by atoms with van der Waals surface area (Å²) in [7, 11) is -1.51. The summed E-state index contributed by atoms with van der Waals surface area (Å²) in [6.45, 7) is 1.49. The molecule has 1 amide bonds. The summed E-state index contributed by atoms with van der Waals surface area (Å²) in [4.78, 5) is 11.9. The lowest BCUT2D eigenvalue weighted by Crippen LogP contribution is -2.42. The lowest BCUT2D eigenvalue weighted by Gasteiger charge is -2.20. The third-order valence-electron chi connectivity index (χ3n) is 4.30. The van der Waals surface area contributed by atoms with Crippen molar-refractivity contribution >= 4 is 15.9 Å². The zero-order valence-electron chi connectivity index (χ0n) is 16.2. The third-order valence-corrected chi connectivity index (χ3v) is 6.12. The Kier molecular flexibility index (Phi) is 7.53. The van der Waals surface area contributed by atoms with Gasteiger partial charge in [-0.15, -0.1) is 0 Å². The minimum Gasteiger partial charge on any atom is -0.495 e. The molecule has 0 aromatic heterocycles. The summed E-state index contributed by atoms with van der Waals surface area (Å²) in [5.41, 5.74) is 1.17. The Hall–Kier alpha value is -2.45. The fraction of sp³-hybridized carbons (Fsp3) is 0.350. The number of methoxy groups -OCH3 is 1. The van der Waals surface area contributed by atoms with Crippen molar-refractivity contribution in [2.24, 2.45) is 0 Å². The van der Waals surface area contributed by atoms with E-state index in [9.17, 15) is 17.6 Å². The summed E-state index contributed by atoms with van der Waals surface area (Å²) in [5.74, 6) is -1.11. The van der Waals surface area contributed by atoms with E-state index in [-0.39, 0.29) is 23.2 Å². The van der Waals surface area contributed by atoms with Gasteiger partial charge in [-0.25, -0.2) is 12.8 Å². The molecule has 0 unspecified atom stereocenters. The molecule has 6 nitrogen and oxygen atoms in total. The molecule has 0 aliphatic rings. The van der Waals surface area contributed by atoms with Crippen molar-refractivity contribution in [2.75, 3.05) is 20.7 Å². The monoisotopic (exact) mass is 408 g/mol. The van der Waals surface area contributed by atoms with E-state index in [4.69, 9.17) is 4.74 Å². The van der Waals surface area contributed by atoms with Crippen molar-refractivity contribution in [1.29, 1.82) is 0 Å². The number of benzene rings is 2. The summed E-state index contributed by atoms with van der Waals surface area (Å²) in [5, 5.41) is 2.79. The Balaban J connectivity index is 1.96. The number of rotatable bonds is 9. The van der Waals surface area contributed by atoms with Gasteiger partial charge in [-0.2, -0.15) is 4.31 Å². The van der Waals surface area contributed by atoms with Gasteiger partial charge in [-0.1, -0.05) is 30.3 Å². The number of carbonyl (C=O) groups is 1. The zero-order chi connectivity index (χ0) is 20.7. The molecule has 0 bridgehead atoms. The molecule has 0 saturated heterocycles. The van der Waals surface area contributed by atoms with Crippen molar-refractivity contribution in [1.82, 2.24) is 9.62 Å². The summed E-state index contributed by atoms with van der Waals surface area (Å²) in [6.07, 6.45) is 1.53. The van der Waals surface area contributed by atoms with Crippen LogP contribution in [-0.4, -0.2) is 45.4 Å². The van der Waals surface area contributed by atoms with E-state index in [1.807, 2.05) is 37.3 Å². The molecule has 28 heavy (non-hydrogen) atoms. The molecule has 1 N–H and O–H groups in total. The average Bonchev–Trinajstić information content (AvgIpc) is 2.67. The third kappa shape index (κ3) is 5.77. The predicted molar refractivity (Wildman–Crippen MR) is 105 cm³/mol. The predicted octanol–water partition coefficient (Wildman–Crippen LogP) is 2.59. The number of likely N-dealkylation sites (N-methyl/N-ethyl adjacent to an activating group) is 1. The highest BCUT2D eigenvalue weighted by Crippen LogP contribution is 2.26. The second-order valence-electron chi connectivity index (χ2n) is 6.55. The standard InChI is InChI=1S/C20H25FN2O4S/c1-15(9-10-16-7-5-4-6-8-16)22-20(24)14-23(2)28(25,26)19-13-17(21)11-12-18(19)27-3/h4-8,11-13,15H,9-10,14H2,1-3H3,(H,22,24)/t15-/m0/s1. The van der Waals surface area contributed by atoms with Crippen LogP contribution in [0.5, 0.6) is 5.75 Å². The van der Waals surface area contributed by atoms with E-state index in [1.165, 1.54) is 25.8 Å². The summed E-state index contributed by atoms with van der Waals surface area (Å²) < 4.78 is 44.8. The first-order valence-electron chi connectivity index (χ1n) is 8.87. The largest absolute Gasteiger partial charge is 0.495 e. The Morgan fingerprint density at radius 3 is 2.54 bits per heavy atom. The molecule has 152 valence electrons. The molecule has 1 atom stereocenters. The highest BCUT2D eigenvalue weighted by Gasteiger charge is 2.27. The van der Waals surface area contributed by atoms with Gasteiger partial charge in [0.25, 0.3) is 0 Å². The number of aryl methyl sites for hydroxylation is 1. The van der Waals surface area contributed by atoms with Gasteiger partial charge < -0.3 is 10.1 Å². The van der Waals surface area contributed by atoms with Crippen LogP contribution in [0.2, 0.25) is 0 Å². The van der Waals surface area contributed by atoms with Gasteiger partial charge in [0.15, 0.2) is 0 Å². The SMILES string of the molecule is COc1ccc(F)cc1S(=O)(=O)N(C)CC(=O)N[C@@H](C)CCc1ccccc1. The number of ether oxygens (including phenoxy) is 1. The average molecular weight is 408 g/mol. The molecule has 0 saturated carbocycles. The van der Waals surface area contributed by atoms with E-state index in [2.05, 4.69) is 5.32 Å². The van der Waals surface area contributed by atoms with Crippen LogP contribution in [0.4, 0.5) is 4.39 Å². The highest BCUT2D eigenvalue weighted by atomic mass is 32.2. The second kappa shape index (κ2) is 9.66. The Bertz CT molecular complexity index is 904. The van der Waals surface area contributed by atoms with E-state index in [0.717, 1.165) is 29.3 Å². The molecule has 0 aliphatic carbocycles. The van der Waals surface area contributed by atoms with Crippen LogP contribution in [0.25, 0.3) is 0 Å². The zero-order valence-corrected chi connectivity index (χ0v) is 17.0. The lowest BCUT2D eigenvalue weighted by molar-refractivity contribution is -0.121. The van der Waals surface area contributed by atoms with E-state index >= 15 is 0 Å². The second-order valence-corrected chi connectivity index (χ2v) is 8.56. The van der Waals surface area contributed by atoms with Crippen LogP contribution in [0, 0.1) is 5.82 Å². The maximum atomic E-state index is 13.5. The summed E-state index contributed by atoms with van der Waals surface area (Å²) >= 11 is 0. The molecule has 0 heterocycles. The number of sulfonamides is 1. The van der Waals surface area contributed by atoms with Crippen molar-refractivity contribution in [3.8, 4) is 5.75 Å². The van der Waals surface area contributed by atoms with Crippen LogP contribution >= 0.6 is 0 Å². The summed E-state index contributed by atoms with van der Waals surface area (Å²) in [6, 6.07) is 13.0. The fourth-order valence-corrected chi connectivity index (χ4v) is 4.02. The number of amides is 1. The van der Waals surface area contributed by atoms with Crippen LogP contribution in [-0.2, 0) is 21.2 Å².